The van der Waals surface area contributed by atoms with E-state index in [1.807, 2.05) is 0 Å². The molecule has 1 heterocycles. The van der Waals surface area contributed by atoms with Crippen LogP contribution in [0, 0.1) is 0 Å². The minimum atomic E-state index is -4.45. The molecule has 6 nitrogen and oxygen atoms in total. The van der Waals surface area contributed by atoms with E-state index in [-0.39, 0.29) is 24.1 Å². The third-order valence-electron chi connectivity index (χ3n) is 2.77. The van der Waals surface area contributed by atoms with Gasteiger partial charge in [-0.25, -0.2) is 9.67 Å². The Hall–Kier alpha value is -1.94. The molecule has 23 heavy (non-hydrogen) atoms. The van der Waals surface area contributed by atoms with Crippen LogP contribution in [-0.4, -0.2) is 43.0 Å². The first kappa shape index (κ1) is 17.4. The maximum absolute atomic E-state index is 12.6. The number of aromatic nitrogens is 3. The first-order valence-electron chi connectivity index (χ1n) is 6.46. The van der Waals surface area contributed by atoms with Gasteiger partial charge < -0.3 is 9.84 Å². The van der Waals surface area contributed by atoms with Crippen LogP contribution in [0.4, 0.5) is 13.2 Å². The Labute approximate surface area is 132 Å². The monoisotopic (exact) mass is 349 g/mol. The van der Waals surface area contributed by atoms with E-state index in [1.165, 1.54) is 29.4 Å². The number of alkyl halides is 3. The van der Waals surface area contributed by atoms with Gasteiger partial charge in [0.1, 0.15) is 24.8 Å². The molecule has 0 saturated carbocycles. The second kappa shape index (κ2) is 7.09. The summed E-state index contributed by atoms with van der Waals surface area (Å²) in [4.78, 5) is 3.80. The highest BCUT2D eigenvalue weighted by atomic mass is 32.2. The van der Waals surface area contributed by atoms with Gasteiger partial charge in [0.2, 0.25) is 5.16 Å². The number of nitrogens with zero attached hydrogens (tertiary/aromatic N) is 3. The zero-order valence-electron chi connectivity index (χ0n) is 12.0. The average molecular weight is 349 g/mol. The van der Waals surface area contributed by atoms with Crippen LogP contribution in [0.5, 0.6) is 5.75 Å². The molecule has 126 valence electrons. The van der Waals surface area contributed by atoms with Crippen LogP contribution in [-0.2, 0) is 23.5 Å². The fraction of sp³-hybridized carbons (Fsp3) is 0.385. The van der Waals surface area contributed by atoms with E-state index in [0.29, 0.717) is 0 Å². The van der Waals surface area contributed by atoms with Crippen molar-refractivity contribution in [1.82, 2.24) is 14.8 Å². The molecule has 0 aliphatic rings. The SMILES string of the molecule is C[S@](=O)c1ncn(C[C@@H](O)COc2cccc(C(F)(F)F)c2)n1. The first-order chi connectivity index (χ1) is 10.8. The number of ether oxygens (including phenoxy) is 1. The summed E-state index contributed by atoms with van der Waals surface area (Å²) in [6.07, 6.45) is -2.73. The van der Waals surface area contributed by atoms with Gasteiger partial charge in [-0.2, -0.15) is 13.2 Å². The summed E-state index contributed by atoms with van der Waals surface area (Å²) in [5.74, 6) is 0.00724. The largest absolute Gasteiger partial charge is 0.491 e. The summed E-state index contributed by atoms with van der Waals surface area (Å²) in [6, 6.07) is 4.40. The Balaban J connectivity index is 1.91. The molecule has 0 spiro atoms. The Morgan fingerprint density at radius 2 is 2.17 bits per heavy atom. The summed E-state index contributed by atoms with van der Waals surface area (Å²) >= 11 is 0. The van der Waals surface area contributed by atoms with Gasteiger partial charge in [-0.05, 0) is 18.2 Å². The number of benzene rings is 1. The quantitative estimate of drug-likeness (QED) is 0.855. The van der Waals surface area contributed by atoms with Gasteiger partial charge in [0.05, 0.1) is 22.9 Å². The van der Waals surface area contributed by atoms with Crippen LogP contribution in [0.15, 0.2) is 35.7 Å². The molecule has 0 unspecified atom stereocenters. The maximum atomic E-state index is 12.6. The van der Waals surface area contributed by atoms with E-state index in [0.717, 1.165) is 12.1 Å². The molecule has 2 atom stereocenters. The standard InChI is InChI=1S/C13H14F3N3O3S/c1-23(21)12-17-8-19(18-12)6-10(20)7-22-11-4-2-3-9(5-11)13(14,15)16/h2-5,8,10,20H,6-7H2,1H3/t10-,23+/m1/s1. The van der Waals surface area contributed by atoms with E-state index >= 15 is 0 Å². The van der Waals surface area contributed by atoms with Gasteiger partial charge in [-0.15, -0.1) is 5.10 Å². The Kier molecular flexibility index (Phi) is 5.37. The fourth-order valence-electron chi connectivity index (χ4n) is 1.72. The summed E-state index contributed by atoms with van der Waals surface area (Å²) in [6.45, 7) is -0.200. The predicted molar refractivity (Wildman–Crippen MR) is 75.3 cm³/mol. The highest BCUT2D eigenvalue weighted by Gasteiger charge is 2.30. The summed E-state index contributed by atoms with van der Waals surface area (Å²) in [7, 11) is -1.33. The zero-order chi connectivity index (χ0) is 17.0. The van der Waals surface area contributed by atoms with Crippen molar-refractivity contribution in [3.8, 4) is 5.75 Å². The van der Waals surface area contributed by atoms with Crippen LogP contribution in [0.25, 0.3) is 0 Å². The van der Waals surface area contributed by atoms with Crippen molar-refractivity contribution < 1.29 is 27.2 Å². The number of rotatable bonds is 6. The van der Waals surface area contributed by atoms with Gasteiger partial charge >= 0.3 is 6.18 Å². The normalized spacial score (nSPS) is 14.5. The molecular formula is C13H14F3N3O3S. The third kappa shape index (κ3) is 5.03. The number of hydrogen-bond acceptors (Lipinski definition) is 5. The van der Waals surface area contributed by atoms with Crippen molar-refractivity contribution in [3.05, 3.63) is 36.2 Å². The third-order valence-corrected chi connectivity index (χ3v) is 3.48. The molecule has 0 radical (unpaired) electrons. The van der Waals surface area contributed by atoms with Gasteiger partial charge in [0.25, 0.3) is 0 Å². The average Bonchev–Trinajstić information content (AvgIpc) is 2.93. The van der Waals surface area contributed by atoms with Crippen LogP contribution in [0.1, 0.15) is 5.56 Å². The molecule has 2 aromatic rings. The second-order valence-corrected chi connectivity index (χ2v) is 5.97. The maximum Gasteiger partial charge on any atom is 0.416 e. The zero-order valence-corrected chi connectivity index (χ0v) is 12.8. The topological polar surface area (TPSA) is 77.2 Å². The molecule has 1 N–H and O–H groups in total. The summed E-state index contributed by atoms with van der Waals surface area (Å²) in [5.41, 5.74) is -0.823. The van der Waals surface area contributed by atoms with Crippen LogP contribution >= 0.6 is 0 Å². The minimum absolute atomic E-state index is 0.00724. The van der Waals surface area contributed by atoms with Gasteiger partial charge in [-0.1, -0.05) is 6.07 Å². The highest BCUT2D eigenvalue weighted by Crippen LogP contribution is 2.31. The molecule has 0 aliphatic heterocycles. The van der Waals surface area contributed by atoms with Crippen molar-refractivity contribution in [2.75, 3.05) is 12.9 Å². The van der Waals surface area contributed by atoms with Crippen molar-refractivity contribution in [1.29, 1.82) is 0 Å². The molecular weight excluding hydrogens is 335 g/mol. The Morgan fingerprint density at radius 1 is 1.43 bits per heavy atom. The lowest BCUT2D eigenvalue weighted by Crippen LogP contribution is -2.24. The Bertz CT molecular complexity index is 690. The number of aliphatic hydroxyl groups excluding tert-OH is 1. The number of aliphatic hydroxyl groups is 1. The Morgan fingerprint density at radius 3 is 2.78 bits per heavy atom. The van der Waals surface area contributed by atoms with Crippen molar-refractivity contribution in [2.24, 2.45) is 0 Å². The van der Waals surface area contributed by atoms with Gasteiger partial charge in [-0.3, -0.25) is 4.21 Å². The minimum Gasteiger partial charge on any atom is -0.491 e. The van der Waals surface area contributed by atoms with E-state index in [4.69, 9.17) is 4.74 Å². The van der Waals surface area contributed by atoms with E-state index < -0.39 is 28.6 Å². The fourth-order valence-corrected chi connectivity index (χ4v) is 2.14. The molecule has 2 rings (SSSR count). The van der Waals surface area contributed by atoms with Crippen LogP contribution < -0.4 is 4.74 Å². The lowest BCUT2D eigenvalue weighted by atomic mass is 10.2. The van der Waals surface area contributed by atoms with Crippen LogP contribution in [0.3, 0.4) is 0 Å². The summed E-state index contributed by atoms with van der Waals surface area (Å²) < 4.78 is 55.3. The number of halogens is 3. The smallest absolute Gasteiger partial charge is 0.416 e. The molecule has 0 saturated heterocycles. The van der Waals surface area contributed by atoms with Crippen molar-refractivity contribution in [2.45, 2.75) is 24.0 Å². The van der Waals surface area contributed by atoms with Crippen LogP contribution in [0.2, 0.25) is 0 Å². The second-order valence-electron chi connectivity index (χ2n) is 4.69. The molecule has 0 bridgehead atoms. The van der Waals surface area contributed by atoms with E-state index in [1.54, 1.807) is 0 Å². The van der Waals surface area contributed by atoms with E-state index in [9.17, 15) is 22.5 Å². The molecule has 1 aromatic heterocycles. The van der Waals surface area contributed by atoms with Crippen molar-refractivity contribution in [3.63, 3.8) is 0 Å². The van der Waals surface area contributed by atoms with Crippen molar-refractivity contribution >= 4 is 10.8 Å². The number of hydrogen-bond donors (Lipinski definition) is 1. The molecule has 0 amide bonds. The first-order valence-corrected chi connectivity index (χ1v) is 8.02. The lowest BCUT2D eigenvalue weighted by Gasteiger charge is -2.13. The molecule has 0 aliphatic carbocycles. The molecule has 1 aromatic carbocycles. The van der Waals surface area contributed by atoms with E-state index in [2.05, 4.69) is 10.1 Å². The lowest BCUT2D eigenvalue weighted by molar-refractivity contribution is -0.137. The molecule has 0 fully saturated rings. The highest BCUT2D eigenvalue weighted by molar-refractivity contribution is 7.84. The van der Waals surface area contributed by atoms with Gasteiger partial charge in [0, 0.05) is 6.26 Å². The molecule has 10 heteroatoms. The predicted octanol–water partition coefficient (Wildman–Crippen LogP) is 1.47. The van der Waals surface area contributed by atoms with Gasteiger partial charge in [0.15, 0.2) is 0 Å². The summed E-state index contributed by atoms with van der Waals surface area (Å²) in [5, 5.41) is 13.9.